The van der Waals surface area contributed by atoms with Crippen LogP contribution in [0.15, 0.2) is 42.7 Å². The molecular formula is C39H56N4O7. The van der Waals surface area contributed by atoms with E-state index in [4.69, 9.17) is 14.2 Å². The van der Waals surface area contributed by atoms with Gasteiger partial charge >= 0.3 is 12.1 Å². The first-order valence-corrected chi connectivity index (χ1v) is 18.1. The van der Waals surface area contributed by atoms with Crippen molar-refractivity contribution >= 4 is 23.9 Å². The molecular weight excluding hydrogens is 636 g/mol. The average Bonchev–Trinajstić information content (AvgIpc) is 3.06. The van der Waals surface area contributed by atoms with Crippen LogP contribution < -0.4 is 10.1 Å². The highest BCUT2D eigenvalue weighted by atomic mass is 16.6. The topological polar surface area (TPSA) is 127 Å². The van der Waals surface area contributed by atoms with Crippen LogP contribution in [-0.4, -0.2) is 82.6 Å². The van der Waals surface area contributed by atoms with Crippen LogP contribution in [0, 0.1) is 11.8 Å². The van der Waals surface area contributed by atoms with Gasteiger partial charge in [-0.3, -0.25) is 19.4 Å². The molecule has 3 amide bonds. The van der Waals surface area contributed by atoms with Crippen molar-refractivity contribution < 1.29 is 33.4 Å². The zero-order valence-electron chi connectivity index (χ0n) is 31.0. The minimum absolute atomic E-state index is 0.0506. The fraction of sp³-hybridized carbons (Fsp3) is 0.615. The zero-order valence-corrected chi connectivity index (χ0v) is 31.0. The predicted octanol–water partition coefficient (Wildman–Crippen LogP) is 6.70. The quantitative estimate of drug-likeness (QED) is 0.258. The molecule has 1 N–H and O–H groups in total. The molecule has 0 bridgehead atoms. The van der Waals surface area contributed by atoms with E-state index in [0.717, 1.165) is 42.6 Å². The van der Waals surface area contributed by atoms with E-state index < -0.39 is 29.1 Å². The number of aromatic nitrogens is 1. The molecule has 274 valence electrons. The lowest BCUT2D eigenvalue weighted by Gasteiger charge is -2.35. The van der Waals surface area contributed by atoms with Gasteiger partial charge in [0.2, 0.25) is 11.8 Å². The second-order valence-corrected chi connectivity index (χ2v) is 15.4. The minimum Gasteiger partial charge on any atom is -0.494 e. The molecule has 4 rings (SSSR count). The molecule has 1 aromatic heterocycles. The second kappa shape index (κ2) is 17.2. The van der Waals surface area contributed by atoms with Crippen molar-refractivity contribution in [3.05, 3.63) is 48.3 Å². The van der Waals surface area contributed by atoms with Gasteiger partial charge in [0, 0.05) is 50.6 Å². The van der Waals surface area contributed by atoms with Gasteiger partial charge in [-0.05, 0) is 116 Å². The van der Waals surface area contributed by atoms with E-state index in [2.05, 4.69) is 10.3 Å². The number of nitrogens with one attached hydrogen (secondary N) is 1. The molecule has 50 heavy (non-hydrogen) atoms. The van der Waals surface area contributed by atoms with E-state index in [-0.39, 0.29) is 24.3 Å². The van der Waals surface area contributed by atoms with Crippen LogP contribution in [0.4, 0.5) is 4.79 Å². The Bertz CT molecular complexity index is 1460. The highest BCUT2D eigenvalue weighted by molar-refractivity contribution is 5.82. The molecule has 2 aliphatic rings. The number of likely N-dealkylation sites (tertiary alicyclic amines) is 2. The third-order valence-electron chi connectivity index (χ3n) is 8.95. The summed E-state index contributed by atoms with van der Waals surface area (Å²) >= 11 is 0. The van der Waals surface area contributed by atoms with Crippen molar-refractivity contribution in [1.29, 1.82) is 0 Å². The number of carbonyl (C=O) groups excluding carboxylic acids is 4. The molecule has 0 radical (unpaired) electrons. The number of nitrogens with zero attached hydrogens (tertiary/aromatic N) is 3. The molecule has 2 saturated heterocycles. The van der Waals surface area contributed by atoms with Crippen LogP contribution in [0.25, 0.3) is 11.1 Å². The summed E-state index contributed by atoms with van der Waals surface area (Å²) in [6, 6.07) is 8.98. The molecule has 0 aliphatic carbocycles. The van der Waals surface area contributed by atoms with Gasteiger partial charge in [0.05, 0.1) is 25.0 Å². The number of hydrogen-bond donors (Lipinski definition) is 1. The van der Waals surface area contributed by atoms with E-state index in [0.29, 0.717) is 57.1 Å². The highest BCUT2D eigenvalue weighted by Crippen LogP contribution is 2.29. The van der Waals surface area contributed by atoms with Crippen molar-refractivity contribution in [3.63, 3.8) is 0 Å². The van der Waals surface area contributed by atoms with Crippen molar-refractivity contribution in [1.82, 2.24) is 20.1 Å². The Hall–Kier alpha value is -4.15. The normalized spacial score (nSPS) is 17.9. The van der Waals surface area contributed by atoms with E-state index >= 15 is 0 Å². The van der Waals surface area contributed by atoms with Gasteiger partial charge in [-0.2, -0.15) is 0 Å². The maximum Gasteiger partial charge on any atom is 0.410 e. The lowest BCUT2D eigenvalue weighted by Crippen LogP contribution is -2.46. The van der Waals surface area contributed by atoms with E-state index in [1.807, 2.05) is 78.8 Å². The fourth-order valence-corrected chi connectivity index (χ4v) is 6.44. The summed E-state index contributed by atoms with van der Waals surface area (Å²) in [7, 11) is 0. The number of esters is 1. The monoisotopic (exact) mass is 692 g/mol. The molecule has 1 aromatic carbocycles. The van der Waals surface area contributed by atoms with Crippen LogP contribution in [-0.2, 0) is 23.9 Å². The maximum absolute atomic E-state index is 13.8. The summed E-state index contributed by atoms with van der Waals surface area (Å²) in [5.41, 5.74) is 1.27. The Kier molecular flexibility index (Phi) is 13.3. The largest absolute Gasteiger partial charge is 0.494 e. The molecule has 0 spiro atoms. The van der Waals surface area contributed by atoms with Crippen molar-refractivity contribution in [2.24, 2.45) is 11.8 Å². The summed E-state index contributed by atoms with van der Waals surface area (Å²) < 4.78 is 16.7. The van der Waals surface area contributed by atoms with E-state index in [1.54, 1.807) is 22.2 Å². The molecule has 2 aromatic rings. The number of hydrogen-bond acceptors (Lipinski definition) is 8. The van der Waals surface area contributed by atoms with Gasteiger partial charge in [0.15, 0.2) is 0 Å². The minimum atomic E-state index is -0.673. The van der Waals surface area contributed by atoms with Crippen LogP contribution in [0.5, 0.6) is 5.75 Å². The Morgan fingerprint density at radius 1 is 0.880 bits per heavy atom. The van der Waals surface area contributed by atoms with Gasteiger partial charge in [-0.25, -0.2) is 4.79 Å². The molecule has 0 saturated carbocycles. The third-order valence-corrected chi connectivity index (χ3v) is 8.95. The number of pyridine rings is 1. The molecule has 3 heterocycles. The Morgan fingerprint density at radius 2 is 1.56 bits per heavy atom. The Balaban J connectivity index is 1.36. The summed E-state index contributed by atoms with van der Waals surface area (Å²) in [4.78, 5) is 60.5. The van der Waals surface area contributed by atoms with E-state index in [1.165, 1.54) is 0 Å². The number of ether oxygens (including phenoxy) is 3. The van der Waals surface area contributed by atoms with Crippen LogP contribution >= 0.6 is 0 Å². The maximum atomic E-state index is 13.8. The zero-order chi connectivity index (χ0) is 36.5. The number of amides is 3. The molecule has 2 fully saturated rings. The lowest BCUT2D eigenvalue weighted by molar-refractivity contribution is -0.155. The highest BCUT2D eigenvalue weighted by Gasteiger charge is 2.32. The summed E-state index contributed by atoms with van der Waals surface area (Å²) in [6.45, 7) is 15.8. The predicted molar refractivity (Wildman–Crippen MR) is 191 cm³/mol. The van der Waals surface area contributed by atoms with Gasteiger partial charge in [-0.1, -0.05) is 12.1 Å². The van der Waals surface area contributed by atoms with Gasteiger partial charge in [0.25, 0.3) is 0 Å². The first-order valence-electron chi connectivity index (χ1n) is 18.1. The molecule has 2 atom stereocenters. The third kappa shape index (κ3) is 12.0. The Labute approximate surface area is 297 Å². The number of rotatable bonds is 11. The van der Waals surface area contributed by atoms with Gasteiger partial charge in [0.1, 0.15) is 17.0 Å². The smallest absolute Gasteiger partial charge is 0.410 e. The summed E-state index contributed by atoms with van der Waals surface area (Å²) in [5, 5.41) is 3.11. The van der Waals surface area contributed by atoms with Crippen molar-refractivity contribution in [2.45, 2.75) is 111 Å². The van der Waals surface area contributed by atoms with Gasteiger partial charge < -0.3 is 29.3 Å². The number of carbonyl (C=O) groups is 4. The number of piperidine rings is 2. The van der Waals surface area contributed by atoms with E-state index in [9.17, 15) is 19.2 Å². The van der Waals surface area contributed by atoms with Crippen molar-refractivity contribution in [3.8, 4) is 16.9 Å². The second-order valence-electron chi connectivity index (χ2n) is 15.4. The summed E-state index contributed by atoms with van der Waals surface area (Å²) in [6.07, 6.45) is 7.31. The van der Waals surface area contributed by atoms with Crippen molar-refractivity contribution in [2.75, 3.05) is 32.8 Å². The van der Waals surface area contributed by atoms with Crippen LogP contribution in [0.3, 0.4) is 0 Å². The lowest BCUT2D eigenvalue weighted by atomic mass is 9.91. The SMILES string of the molecule is CCOc1ccc(-c2cncc([C@H](CC(=O)OC(C)(C)C)NC(=O)[C@@H]3CCCN(C(=O)CCC4CCN(C(=O)OC(C)(C)C)CC4)C3)c2)cc1. The molecule has 0 unspecified atom stereocenters. The standard InChI is InChI=1S/C39H56N4O7/c1-8-48-32-14-12-28(13-15-32)30-22-31(25-40-24-30)33(23-35(45)49-38(2,3)4)41-36(46)29-10-9-19-43(26-29)34(44)16-11-27-17-20-42(21-18-27)37(47)50-39(5,6)7/h12-15,22,24-25,27,29,33H,8-11,16-21,23,26H2,1-7H3,(H,41,46)/t29-,33+/m1/s1. The van der Waals surface area contributed by atoms with Gasteiger partial charge in [-0.15, -0.1) is 0 Å². The first-order chi connectivity index (χ1) is 23.6. The van der Waals surface area contributed by atoms with Crippen LogP contribution in [0.1, 0.15) is 105 Å². The fourth-order valence-electron chi connectivity index (χ4n) is 6.44. The van der Waals surface area contributed by atoms with Crippen LogP contribution in [0.2, 0.25) is 0 Å². The Morgan fingerprint density at radius 3 is 2.20 bits per heavy atom. The molecule has 2 aliphatic heterocycles. The molecule has 11 nitrogen and oxygen atoms in total. The summed E-state index contributed by atoms with van der Waals surface area (Å²) in [5.74, 6) is 0.171. The average molecular weight is 693 g/mol. The molecule has 11 heteroatoms. The first kappa shape index (κ1) is 38.6. The number of benzene rings is 1.